The summed E-state index contributed by atoms with van der Waals surface area (Å²) in [5.41, 5.74) is -16.1. The first-order valence-corrected chi connectivity index (χ1v) is 45.5. The molecule has 0 spiro atoms. The highest BCUT2D eigenvalue weighted by Gasteiger charge is 2.36. The summed E-state index contributed by atoms with van der Waals surface area (Å²) in [5, 5.41) is -1.76. The van der Waals surface area contributed by atoms with E-state index >= 15 is 9.59 Å². The first-order chi connectivity index (χ1) is 89.7. The highest BCUT2D eigenvalue weighted by atomic mass is 32.2. The molecule has 12 aromatic rings. The quantitative estimate of drug-likeness (QED) is 0.0202. The molecule has 18 nitrogen and oxygen atoms in total. The Balaban J connectivity index is 0.000000240. The Labute approximate surface area is 922 Å². The number of halogens is 12. The molecule has 762 valence electrons. The lowest BCUT2D eigenvalue weighted by Gasteiger charge is -2.33. The maximum atomic E-state index is 15.2. The molecule has 3 atom stereocenters. The van der Waals surface area contributed by atoms with Crippen LogP contribution in [0.2, 0.25) is 0 Å². The number of nitrogens with zero attached hydrogens (tertiary/aromatic N) is 12. The monoisotopic (exact) mass is 2100 g/mol. The van der Waals surface area contributed by atoms with Crippen LogP contribution in [0.15, 0.2) is 248 Å². The molecule has 0 radical (unpaired) electrons. The van der Waals surface area contributed by atoms with Crippen molar-refractivity contribution in [2.75, 3.05) is 78.0 Å². The Bertz CT molecular complexity index is 9480. The van der Waals surface area contributed by atoms with Gasteiger partial charge in [0.05, 0.1) is 59.7 Å². The minimum absolute atomic E-state index is 0.0440. The Hall–Kier alpha value is -11.9. The second-order valence-corrected chi connectivity index (χ2v) is 33.1. The Morgan fingerprint density at radius 1 is 0.396 bits per heavy atom. The maximum Gasteiger partial charge on any atom is 0.416 e. The zero-order valence-electron chi connectivity index (χ0n) is 132. The molecule has 0 bridgehead atoms. The standard InChI is InChI=1S/3C37H40F4N4O2S/c2*1-4-43(5-2)18-19-44(22-26-6-10-28(11-7-26)29-12-14-30(15-13-29)37(39,40)41)34(46)23-45-33-21-25(3)20-32(33)35(47)42-36(45)48-24-27-8-16-31(38)17-9-27;1-4-43(5-2)21-22-44(25(3)27-11-13-28(14-12-27)29-15-17-30(18-16-29)37(39,40)41)34(46)23-45-33-8-6-7-32(33)35(47)42-36(45)48-24-26-9-19-31(38)20-10-26/h2*6-17,25H,4-5,18-24H2,1-3H3;9-20,25H,4-8,21-24H2,1-3H3/i4D2,5D2,6D,7D,10D,11D,12D,13D,14D,15D,18D2,19D2,20D2,21D2,22D2,25D;4D2,5D2,8D,9D,16D,17D,18D2,19D2,20D2,21D2,22D2,25D;4D2,5D2,9D,10D,19D,20D,21D2,22D2,25D. The third-order valence-electron chi connectivity index (χ3n) is 20.7. The molecule has 15 rings (SSSR count). The van der Waals surface area contributed by atoms with Gasteiger partial charge in [0.2, 0.25) is 17.7 Å². The Morgan fingerprint density at radius 2 is 0.736 bits per heavy atom. The van der Waals surface area contributed by atoms with Gasteiger partial charge in [0.1, 0.15) is 37.1 Å². The molecular weight excluding hydrogens is 1920 g/mol. The number of benzene rings is 9. The number of hydrogen-bond acceptors (Lipinski definition) is 15. The number of carbonyl (C=O) groups excluding carboxylic acids is 3. The van der Waals surface area contributed by atoms with Crippen LogP contribution in [0.3, 0.4) is 0 Å². The van der Waals surface area contributed by atoms with Crippen LogP contribution in [0.5, 0.6) is 0 Å². The number of fused-ring (bicyclic) bond motifs is 3. The van der Waals surface area contributed by atoms with Gasteiger partial charge in [0, 0.05) is 141 Å². The third kappa shape index (κ3) is 29.3. The van der Waals surface area contributed by atoms with Crippen molar-refractivity contribution in [3.05, 3.63) is 350 Å². The van der Waals surface area contributed by atoms with E-state index in [1.807, 2.05) is 0 Å². The van der Waals surface area contributed by atoms with Gasteiger partial charge in [-0.3, -0.25) is 28.8 Å². The van der Waals surface area contributed by atoms with Crippen molar-refractivity contribution in [2.24, 2.45) is 11.8 Å². The summed E-state index contributed by atoms with van der Waals surface area (Å²) in [7, 11) is 0. The van der Waals surface area contributed by atoms with Crippen molar-refractivity contribution >= 4 is 53.0 Å². The van der Waals surface area contributed by atoms with Crippen molar-refractivity contribution in [3.63, 3.8) is 0 Å². The van der Waals surface area contributed by atoms with Gasteiger partial charge in [0.25, 0.3) is 16.7 Å². The summed E-state index contributed by atoms with van der Waals surface area (Å²) in [4.78, 5) is 95.8. The summed E-state index contributed by atoms with van der Waals surface area (Å²) < 4.78 is 643. The van der Waals surface area contributed by atoms with Crippen molar-refractivity contribution in [2.45, 2.75) is 197 Å². The summed E-state index contributed by atoms with van der Waals surface area (Å²) >= 11 is 1.46. The number of amides is 3. The number of thioether (sulfide) groups is 3. The Morgan fingerprint density at radius 3 is 1.14 bits per heavy atom. The number of likely N-dealkylation sites (N-methyl/N-ethyl adjacent to an activating group) is 3. The molecule has 3 aliphatic carbocycles. The van der Waals surface area contributed by atoms with E-state index in [0.29, 0.717) is 77.9 Å². The second-order valence-electron chi connectivity index (χ2n) is 30.2. The smallest absolute Gasteiger partial charge is 0.336 e. The van der Waals surface area contributed by atoms with Crippen molar-refractivity contribution in [1.29, 1.82) is 0 Å². The molecule has 0 fully saturated rings. The van der Waals surface area contributed by atoms with E-state index in [9.17, 15) is 86.9 Å². The second kappa shape index (κ2) is 50.3. The minimum Gasteiger partial charge on any atom is -0.336 e. The van der Waals surface area contributed by atoms with E-state index in [-0.39, 0.29) is 89.3 Å². The molecule has 33 heteroatoms. The molecule has 3 unspecified atom stereocenters. The summed E-state index contributed by atoms with van der Waals surface area (Å²) in [5.74, 6) is -16.3. The molecule has 0 aliphatic heterocycles. The van der Waals surface area contributed by atoms with Crippen LogP contribution in [-0.4, -0.2) is 154 Å². The zero-order chi connectivity index (χ0) is 152. The van der Waals surface area contributed by atoms with Gasteiger partial charge in [-0.1, -0.05) is 236 Å². The molecule has 0 saturated carbocycles. The molecule has 3 amide bonds. The molecule has 3 aromatic heterocycles. The number of carbonyl (C=O) groups is 3. The van der Waals surface area contributed by atoms with Gasteiger partial charge in [-0.15, -0.1) is 0 Å². The SMILES string of the molecule is [2H]c1c([2H])c(C(F)(F)F)c([2H])c([2H])c1-c1c([2H])c([2H])c(C([2H])([2H])N(C(=O)Cn2c(SCc3ccc(F)cc3)nc(=O)c3c2C([2H])([2H])C([2H])(C)C3([2H])[2H])C([2H])([2H])C([2H])([2H])N(C([2H])([2H])C)C([2H])([2H])C)c([2H])c1[2H].[2H]c1c([2H])c(CSc2nc(=O)c3c(n2CC(=O)N(C([2H])(C)c2ccc(-c4ccc(C(F)(F)F)cc4)cc2)C([2H])([2H])C([2H])([2H])N(C([2H])([2H])C)C([2H])([2H])C)CCC3)c([2H])c([2H])c1F.[2H]c1c([2H])c(CSc2nc(=O)c3c(n2CC(=O)N(C([2H])([2H])c2ccc(-c4ccc(C(F)(F)F)cc4)cc2)C([2H])([2H])C([2H])([2H])N(C([2H])([2H])C)C([2H])([2H])C)C([2H])([2H])C([2H])(C)C3([2H])[2H])c([2H])c([2H])c1F. The normalized spacial score (nSPS) is 23.7. The van der Waals surface area contributed by atoms with Crippen LogP contribution in [0.25, 0.3) is 33.4 Å². The van der Waals surface area contributed by atoms with E-state index in [0.717, 1.165) is 107 Å². The number of aromatic nitrogens is 6. The number of rotatable bonds is 39. The van der Waals surface area contributed by atoms with Gasteiger partial charge in [0.15, 0.2) is 15.5 Å². The summed E-state index contributed by atoms with van der Waals surface area (Å²) in [6.07, 6.45) is -27.0. The molecule has 9 aromatic carbocycles. The fourth-order valence-corrected chi connectivity index (χ4v) is 16.2. The Kier molecular flexibility index (Phi) is 20.0. The fraction of sp³-hybridized carbons (Fsp3) is 0.378. The lowest BCUT2D eigenvalue weighted by atomic mass is 9.99. The predicted octanol–water partition coefficient (Wildman–Crippen LogP) is 22.7. The fourth-order valence-electron chi connectivity index (χ4n) is 13.5. The molecule has 3 aliphatic rings. The molecule has 3 heterocycles. The first kappa shape index (κ1) is 57.3. The lowest BCUT2D eigenvalue weighted by Crippen LogP contribution is -2.42. The largest absolute Gasteiger partial charge is 0.416 e. The van der Waals surface area contributed by atoms with Crippen LogP contribution in [-0.2, 0) is 121 Å². The maximum absolute atomic E-state index is 15.2. The van der Waals surface area contributed by atoms with E-state index in [2.05, 4.69) is 15.0 Å². The highest BCUT2D eigenvalue weighted by Crippen LogP contribution is 2.39. The molecular formula is C111H120F12N12O6S3. The molecule has 144 heavy (non-hydrogen) atoms. The van der Waals surface area contributed by atoms with Crippen LogP contribution < -0.4 is 16.7 Å². The van der Waals surface area contributed by atoms with E-state index in [1.165, 1.54) is 53.1 Å². The average Bonchev–Trinajstić information content (AvgIpc) is 1.53. The van der Waals surface area contributed by atoms with Crippen LogP contribution in [0.4, 0.5) is 52.7 Å². The van der Waals surface area contributed by atoms with Gasteiger partial charge in [-0.25, -0.2) is 13.2 Å². The average molecular weight is 2100 g/mol. The van der Waals surface area contributed by atoms with Crippen molar-refractivity contribution in [3.8, 4) is 33.4 Å². The van der Waals surface area contributed by atoms with Crippen LogP contribution >= 0.6 is 35.3 Å². The number of alkyl halides is 9. The summed E-state index contributed by atoms with van der Waals surface area (Å²) in [6.45, 7) is -49.0. The van der Waals surface area contributed by atoms with Crippen LogP contribution in [0, 0.1) is 29.2 Å². The summed E-state index contributed by atoms with van der Waals surface area (Å²) in [6, 6.07) is -0.930. The zero-order valence-corrected chi connectivity index (χ0v) is 79.4. The topological polar surface area (TPSA) is 175 Å². The highest BCUT2D eigenvalue weighted by molar-refractivity contribution is 7.98. The van der Waals surface area contributed by atoms with E-state index < -0.39 is 424 Å². The molecule has 0 N–H and O–H groups in total. The van der Waals surface area contributed by atoms with E-state index in [1.54, 1.807) is 0 Å². The lowest BCUT2D eigenvalue weighted by molar-refractivity contribution is -0.138. The van der Waals surface area contributed by atoms with Crippen molar-refractivity contribution < 1.29 is 142 Å². The van der Waals surface area contributed by atoms with Gasteiger partial charge >= 0.3 is 18.5 Å². The predicted molar refractivity (Wildman–Crippen MR) is 544 cm³/mol. The third-order valence-corrected chi connectivity index (χ3v) is 23.7. The first-order valence-electron chi connectivity index (χ1n) is 70.1. The van der Waals surface area contributed by atoms with Gasteiger partial charge in [-0.05, 0) is 242 Å². The minimum atomic E-state index is -5.49. The van der Waals surface area contributed by atoms with Gasteiger partial charge < -0.3 is 43.1 Å². The van der Waals surface area contributed by atoms with Crippen LogP contribution in [0.1, 0.15) is 234 Å². The number of hydrogen-bond donors (Lipinski definition) is 0. The van der Waals surface area contributed by atoms with Gasteiger partial charge in [-0.2, -0.15) is 54.5 Å². The molecule has 0 saturated heterocycles. The van der Waals surface area contributed by atoms with Crippen molar-refractivity contribution in [1.82, 2.24) is 58.1 Å². The van der Waals surface area contributed by atoms with E-state index in [4.69, 9.17) is 60.3 Å².